The van der Waals surface area contributed by atoms with Crippen LogP contribution < -0.4 is 0 Å². The van der Waals surface area contributed by atoms with E-state index in [2.05, 4.69) is 18.7 Å². The molecule has 0 N–H and O–H groups in total. The van der Waals surface area contributed by atoms with Gasteiger partial charge in [0.2, 0.25) is 0 Å². The van der Waals surface area contributed by atoms with Gasteiger partial charge in [0, 0.05) is 25.7 Å². The molecule has 2 aliphatic heterocycles. The summed E-state index contributed by atoms with van der Waals surface area (Å²) in [6, 6.07) is 7.06. The molecule has 4 nitrogen and oxygen atoms in total. The molecule has 0 aromatic heterocycles. The molecule has 1 aromatic carbocycles. The summed E-state index contributed by atoms with van der Waals surface area (Å²) in [5.41, 5.74) is 0.840. The molecule has 0 saturated carbocycles. The minimum absolute atomic E-state index is 0. The number of morpholine rings is 1. The summed E-state index contributed by atoms with van der Waals surface area (Å²) in [5, 5.41) is 0. The van der Waals surface area contributed by atoms with Crippen molar-refractivity contribution in [2.24, 2.45) is 0 Å². The Labute approximate surface area is 162 Å². The van der Waals surface area contributed by atoms with Gasteiger partial charge < -0.3 is 14.5 Å². The van der Waals surface area contributed by atoms with Crippen LogP contribution in [0.5, 0.6) is 0 Å². The van der Waals surface area contributed by atoms with Gasteiger partial charge in [-0.25, -0.2) is 4.39 Å². The molecule has 0 radical (unpaired) electrons. The average Bonchev–Trinajstić information content (AvgIpc) is 2.58. The number of rotatable bonds is 4. The lowest BCUT2D eigenvalue weighted by Crippen LogP contribution is -2.62. The van der Waals surface area contributed by atoms with Gasteiger partial charge in [0.15, 0.2) is 0 Å². The van der Waals surface area contributed by atoms with Crippen molar-refractivity contribution in [2.45, 2.75) is 57.8 Å². The van der Waals surface area contributed by atoms with E-state index in [1.165, 1.54) is 6.07 Å². The van der Waals surface area contributed by atoms with Gasteiger partial charge in [-0.15, -0.1) is 12.4 Å². The van der Waals surface area contributed by atoms with Gasteiger partial charge in [-0.2, -0.15) is 0 Å². The van der Waals surface area contributed by atoms with Crippen LogP contribution in [0, 0.1) is 5.82 Å². The average molecular weight is 385 g/mol. The first-order chi connectivity index (χ1) is 11.9. The maximum atomic E-state index is 13.3. The SMILES string of the molecule is CC1OC2(CCN(CCc3cccc(F)c3)CC2)CN(C(C)C)C1=O.Cl. The third kappa shape index (κ3) is 4.76. The maximum absolute atomic E-state index is 13.3. The van der Waals surface area contributed by atoms with E-state index < -0.39 is 0 Å². The summed E-state index contributed by atoms with van der Waals surface area (Å²) >= 11 is 0. The number of carbonyl (C=O) groups excluding carboxylic acids is 1. The molecule has 146 valence electrons. The molecule has 1 amide bonds. The number of halogens is 2. The summed E-state index contributed by atoms with van der Waals surface area (Å²) in [5.74, 6) is -0.0627. The highest BCUT2D eigenvalue weighted by atomic mass is 35.5. The minimum Gasteiger partial charge on any atom is -0.360 e. The fourth-order valence-electron chi connectivity index (χ4n) is 3.96. The van der Waals surface area contributed by atoms with Crippen molar-refractivity contribution < 1.29 is 13.9 Å². The summed E-state index contributed by atoms with van der Waals surface area (Å²) in [4.78, 5) is 16.7. The van der Waals surface area contributed by atoms with Gasteiger partial charge in [-0.1, -0.05) is 12.1 Å². The predicted molar refractivity (Wildman–Crippen MR) is 103 cm³/mol. The van der Waals surface area contributed by atoms with Gasteiger partial charge in [0.25, 0.3) is 5.91 Å². The summed E-state index contributed by atoms with van der Waals surface area (Å²) in [6.45, 7) is 9.56. The van der Waals surface area contributed by atoms with E-state index in [4.69, 9.17) is 4.74 Å². The molecule has 2 saturated heterocycles. The zero-order chi connectivity index (χ0) is 18.0. The van der Waals surface area contributed by atoms with E-state index in [0.717, 1.165) is 44.5 Å². The van der Waals surface area contributed by atoms with Crippen molar-refractivity contribution in [1.82, 2.24) is 9.80 Å². The molecule has 3 rings (SSSR count). The van der Waals surface area contributed by atoms with Crippen LogP contribution in [-0.4, -0.2) is 59.6 Å². The molecule has 0 aliphatic carbocycles. The van der Waals surface area contributed by atoms with Crippen molar-refractivity contribution in [3.8, 4) is 0 Å². The highest BCUT2D eigenvalue weighted by Gasteiger charge is 2.45. The van der Waals surface area contributed by atoms with Crippen molar-refractivity contribution in [1.29, 1.82) is 0 Å². The lowest BCUT2D eigenvalue weighted by Gasteiger charge is -2.50. The van der Waals surface area contributed by atoms with E-state index in [9.17, 15) is 9.18 Å². The van der Waals surface area contributed by atoms with Crippen molar-refractivity contribution in [3.05, 3.63) is 35.6 Å². The fraction of sp³-hybridized carbons (Fsp3) is 0.650. The second kappa shape index (κ2) is 8.68. The first-order valence-electron chi connectivity index (χ1n) is 9.34. The number of piperidine rings is 1. The van der Waals surface area contributed by atoms with E-state index in [0.29, 0.717) is 6.54 Å². The lowest BCUT2D eigenvalue weighted by molar-refractivity contribution is -0.192. The number of benzene rings is 1. The molecular formula is C20H30ClFN2O2. The first kappa shape index (κ1) is 21.1. The zero-order valence-corrected chi connectivity index (χ0v) is 16.7. The minimum atomic E-state index is -0.352. The number of nitrogens with zero attached hydrogens (tertiary/aromatic N) is 2. The maximum Gasteiger partial charge on any atom is 0.251 e. The zero-order valence-electron chi connectivity index (χ0n) is 15.9. The van der Waals surface area contributed by atoms with Gasteiger partial charge >= 0.3 is 0 Å². The monoisotopic (exact) mass is 384 g/mol. The van der Waals surface area contributed by atoms with E-state index in [1.807, 2.05) is 17.9 Å². The largest absolute Gasteiger partial charge is 0.360 e. The smallest absolute Gasteiger partial charge is 0.251 e. The highest BCUT2D eigenvalue weighted by molar-refractivity contribution is 5.85. The molecule has 1 atom stereocenters. The van der Waals surface area contributed by atoms with Gasteiger partial charge in [-0.3, -0.25) is 4.79 Å². The number of hydrogen-bond acceptors (Lipinski definition) is 3. The number of hydrogen-bond donors (Lipinski definition) is 0. The van der Waals surface area contributed by atoms with Crippen LogP contribution in [-0.2, 0) is 16.0 Å². The predicted octanol–water partition coefficient (Wildman–Crippen LogP) is 3.28. The molecule has 1 spiro atoms. The van der Waals surface area contributed by atoms with Gasteiger partial charge in [-0.05, 0) is 57.7 Å². The van der Waals surface area contributed by atoms with Gasteiger partial charge in [0.1, 0.15) is 11.9 Å². The lowest BCUT2D eigenvalue weighted by atomic mass is 9.88. The fourth-order valence-corrected chi connectivity index (χ4v) is 3.96. The Bertz CT molecular complexity index is 618. The molecule has 26 heavy (non-hydrogen) atoms. The molecular weight excluding hydrogens is 355 g/mol. The highest BCUT2D eigenvalue weighted by Crippen LogP contribution is 2.33. The van der Waals surface area contributed by atoms with Crippen molar-refractivity contribution in [3.63, 3.8) is 0 Å². The van der Waals surface area contributed by atoms with Crippen LogP contribution in [0.2, 0.25) is 0 Å². The molecule has 1 unspecified atom stereocenters. The molecule has 6 heteroatoms. The topological polar surface area (TPSA) is 32.8 Å². The van der Waals surface area contributed by atoms with Crippen LogP contribution in [0.25, 0.3) is 0 Å². The van der Waals surface area contributed by atoms with Crippen molar-refractivity contribution >= 4 is 18.3 Å². The van der Waals surface area contributed by atoms with Crippen LogP contribution in [0.15, 0.2) is 24.3 Å². The van der Waals surface area contributed by atoms with Crippen LogP contribution in [0.1, 0.15) is 39.2 Å². The molecule has 2 fully saturated rings. The van der Waals surface area contributed by atoms with Crippen LogP contribution >= 0.6 is 12.4 Å². The van der Waals surface area contributed by atoms with Gasteiger partial charge in [0.05, 0.1) is 12.1 Å². The number of amides is 1. The molecule has 2 aliphatic rings. The Hall–Kier alpha value is -1.17. The second-order valence-electron chi connectivity index (χ2n) is 7.72. The Balaban J connectivity index is 0.00000243. The number of ether oxygens (including phenoxy) is 1. The Morgan fingerprint density at radius 3 is 2.62 bits per heavy atom. The van der Waals surface area contributed by atoms with Crippen LogP contribution in [0.3, 0.4) is 0 Å². The molecule has 0 bridgehead atoms. The van der Waals surface area contributed by atoms with E-state index in [1.54, 1.807) is 12.1 Å². The third-order valence-electron chi connectivity index (χ3n) is 5.51. The number of carbonyl (C=O) groups is 1. The van der Waals surface area contributed by atoms with Crippen LogP contribution in [0.4, 0.5) is 4.39 Å². The quantitative estimate of drug-likeness (QED) is 0.798. The molecule has 1 aromatic rings. The first-order valence-corrected chi connectivity index (χ1v) is 9.34. The normalized spacial score (nSPS) is 23.3. The standard InChI is InChI=1S/C20H29FN2O2.ClH/c1-15(2)23-14-20(25-16(3)19(23)24)8-11-22(12-9-20)10-7-17-5-4-6-18(21)13-17;/h4-6,13,15-16H,7-12,14H2,1-3H3;1H. The molecule has 2 heterocycles. The Morgan fingerprint density at radius 1 is 1.31 bits per heavy atom. The summed E-state index contributed by atoms with van der Waals surface area (Å²) < 4.78 is 19.4. The third-order valence-corrected chi connectivity index (χ3v) is 5.51. The van der Waals surface area contributed by atoms with E-state index >= 15 is 0 Å². The Kier molecular flexibility index (Phi) is 7.05. The summed E-state index contributed by atoms with van der Waals surface area (Å²) in [6.07, 6.45) is 2.39. The Morgan fingerprint density at radius 2 is 2.00 bits per heavy atom. The van der Waals surface area contributed by atoms with E-state index in [-0.39, 0.29) is 41.9 Å². The second-order valence-corrected chi connectivity index (χ2v) is 7.72. The van der Waals surface area contributed by atoms with Crippen molar-refractivity contribution in [2.75, 3.05) is 26.2 Å². The number of likely N-dealkylation sites (tertiary alicyclic amines) is 1. The summed E-state index contributed by atoms with van der Waals surface area (Å²) in [7, 11) is 0.